The van der Waals surface area contributed by atoms with Gasteiger partial charge < -0.3 is 24.8 Å². The molecular weight excluding hydrogens is 623 g/mol. The first-order valence-electron chi connectivity index (χ1n) is 13.1. The molecule has 0 aliphatic carbocycles. The van der Waals surface area contributed by atoms with Crippen molar-refractivity contribution >= 4 is 68.0 Å². The number of hydrogen-bond acceptors (Lipinski definition) is 12. The van der Waals surface area contributed by atoms with Gasteiger partial charge in [-0.15, -0.1) is 0 Å². The maximum absolute atomic E-state index is 12.2. The van der Waals surface area contributed by atoms with Crippen molar-refractivity contribution in [2.45, 2.75) is 13.0 Å². The number of nitrogens with zero attached hydrogens (tertiary/aromatic N) is 3. The van der Waals surface area contributed by atoms with Gasteiger partial charge in [-0.3, -0.25) is 14.9 Å². The third-order valence-corrected chi connectivity index (χ3v) is 9.13. The van der Waals surface area contributed by atoms with Gasteiger partial charge in [-0.1, -0.05) is 36.2 Å². The van der Waals surface area contributed by atoms with Crippen molar-refractivity contribution in [1.29, 1.82) is 0 Å². The SMILES string of the molecule is CCS(=O)(=O)CCNc1nc(-c2c(Cl)c(OC)cc(OC)c2Cl)cc2cnc(N[C@@H]3COC[C@@H]3C=CC(=O)NC=O)nc12. The highest BCUT2D eigenvalue weighted by Gasteiger charge is 2.28. The first-order chi connectivity index (χ1) is 20.6. The molecule has 4 rings (SSSR count). The summed E-state index contributed by atoms with van der Waals surface area (Å²) in [5.74, 6) is 0.339. The van der Waals surface area contributed by atoms with Gasteiger partial charge in [0.15, 0.2) is 15.7 Å². The van der Waals surface area contributed by atoms with E-state index in [1.807, 2.05) is 0 Å². The molecule has 0 radical (unpaired) electrons. The number of pyridine rings is 1. The molecule has 0 saturated carbocycles. The number of sulfone groups is 1. The van der Waals surface area contributed by atoms with Gasteiger partial charge in [-0.05, 0) is 12.1 Å². The van der Waals surface area contributed by atoms with Crippen LogP contribution in [-0.4, -0.2) is 87.2 Å². The van der Waals surface area contributed by atoms with Crippen LogP contribution in [0.2, 0.25) is 10.0 Å². The highest BCUT2D eigenvalue weighted by atomic mass is 35.5. The van der Waals surface area contributed by atoms with Crippen LogP contribution in [0, 0.1) is 5.92 Å². The highest BCUT2D eigenvalue weighted by Crippen LogP contribution is 2.46. The largest absolute Gasteiger partial charge is 0.495 e. The quantitative estimate of drug-likeness (QED) is 0.182. The summed E-state index contributed by atoms with van der Waals surface area (Å²) in [5.41, 5.74) is 1.12. The lowest BCUT2D eigenvalue weighted by molar-refractivity contribution is -0.121. The van der Waals surface area contributed by atoms with Gasteiger partial charge in [-0.25, -0.2) is 23.4 Å². The molecule has 230 valence electrons. The fourth-order valence-corrected chi connectivity index (χ4v) is 5.73. The number of fused-ring (bicyclic) bond motifs is 1. The van der Waals surface area contributed by atoms with Crippen LogP contribution in [0.15, 0.2) is 30.5 Å². The minimum atomic E-state index is -3.26. The van der Waals surface area contributed by atoms with E-state index in [1.165, 1.54) is 20.3 Å². The van der Waals surface area contributed by atoms with Crippen LogP contribution in [0.4, 0.5) is 11.8 Å². The van der Waals surface area contributed by atoms with Crippen LogP contribution in [-0.2, 0) is 24.2 Å². The maximum Gasteiger partial charge on any atom is 0.250 e. The van der Waals surface area contributed by atoms with Crippen molar-refractivity contribution < 1.29 is 32.2 Å². The minimum absolute atomic E-state index is 0.00380. The van der Waals surface area contributed by atoms with Gasteiger partial charge in [0, 0.05) is 41.4 Å². The van der Waals surface area contributed by atoms with Crippen LogP contribution in [0.5, 0.6) is 11.5 Å². The number of amides is 2. The molecule has 0 unspecified atom stereocenters. The Morgan fingerprint density at radius 3 is 2.51 bits per heavy atom. The van der Waals surface area contributed by atoms with E-state index in [2.05, 4.69) is 25.9 Å². The smallest absolute Gasteiger partial charge is 0.250 e. The summed E-state index contributed by atoms with van der Waals surface area (Å²) >= 11 is 13.3. The van der Waals surface area contributed by atoms with E-state index in [4.69, 9.17) is 42.4 Å². The zero-order valence-corrected chi connectivity index (χ0v) is 25.8. The predicted octanol–water partition coefficient (Wildman–Crippen LogP) is 3.12. The fourth-order valence-electron chi connectivity index (χ4n) is 4.33. The number of anilines is 2. The highest BCUT2D eigenvalue weighted by molar-refractivity contribution is 7.91. The first-order valence-corrected chi connectivity index (χ1v) is 15.7. The lowest BCUT2D eigenvalue weighted by atomic mass is 10.0. The van der Waals surface area contributed by atoms with Crippen LogP contribution in [0.25, 0.3) is 22.2 Å². The molecule has 43 heavy (non-hydrogen) atoms. The third-order valence-electron chi connectivity index (χ3n) is 6.68. The summed E-state index contributed by atoms with van der Waals surface area (Å²) in [6.07, 6.45) is 4.81. The monoisotopic (exact) mass is 652 g/mol. The maximum atomic E-state index is 12.2. The lowest BCUT2D eigenvalue weighted by Gasteiger charge is -2.18. The molecule has 2 aromatic heterocycles. The molecule has 0 bridgehead atoms. The van der Waals surface area contributed by atoms with Crippen LogP contribution in [0.3, 0.4) is 0 Å². The number of methoxy groups -OCH3 is 2. The van der Waals surface area contributed by atoms with Gasteiger partial charge in [0.25, 0.3) is 0 Å². The van der Waals surface area contributed by atoms with Gasteiger partial charge >= 0.3 is 0 Å². The van der Waals surface area contributed by atoms with E-state index in [1.54, 1.807) is 31.3 Å². The molecule has 1 fully saturated rings. The van der Waals surface area contributed by atoms with Crippen molar-refractivity contribution in [3.05, 3.63) is 40.5 Å². The number of aromatic nitrogens is 3. The van der Waals surface area contributed by atoms with Gasteiger partial charge in [0.05, 0.1) is 55.0 Å². The van der Waals surface area contributed by atoms with Crippen molar-refractivity contribution in [1.82, 2.24) is 20.3 Å². The topological polar surface area (TPSA) is 171 Å². The molecule has 16 heteroatoms. The van der Waals surface area contributed by atoms with E-state index in [-0.39, 0.29) is 51.8 Å². The van der Waals surface area contributed by atoms with Crippen molar-refractivity contribution in [3.8, 4) is 22.8 Å². The molecule has 1 aromatic carbocycles. The van der Waals surface area contributed by atoms with Crippen molar-refractivity contribution in [3.63, 3.8) is 0 Å². The van der Waals surface area contributed by atoms with Crippen LogP contribution >= 0.6 is 23.2 Å². The van der Waals surface area contributed by atoms with E-state index in [0.29, 0.717) is 53.3 Å². The number of benzene rings is 1. The molecule has 1 aliphatic heterocycles. The third kappa shape index (κ3) is 7.63. The van der Waals surface area contributed by atoms with E-state index in [9.17, 15) is 18.0 Å². The summed E-state index contributed by atoms with van der Waals surface area (Å²) in [5, 5.41) is 9.35. The molecular formula is C27H30Cl2N6O7S. The molecule has 13 nitrogen and oxygen atoms in total. The van der Waals surface area contributed by atoms with Crippen molar-refractivity contribution in [2.75, 3.05) is 56.1 Å². The summed E-state index contributed by atoms with van der Waals surface area (Å²) in [6.45, 7) is 2.34. The number of hydrogen-bond donors (Lipinski definition) is 3. The Bertz CT molecular complexity index is 1630. The molecule has 1 aliphatic rings. The van der Waals surface area contributed by atoms with E-state index in [0.717, 1.165) is 0 Å². The molecule has 0 spiro atoms. The predicted molar refractivity (Wildman–Crippen MR) is 164 cm³/mol. The minimum Gasteiger partial charge on any atom is -0.495 e. The number of rotatable bonds is 13. The average molecular weight is 654 g/mol. The van der Waals surface area contributed by atoms with Gasteiger partial charge in [-0.2, -0.15) is 0 Å². The second-order valence-corrected chi connectivity index (χ2v) is 12.6. The molecule has 2 atom stereocenters. The second-order valence-electron chi connectivity index (χ2n) is 9.37. The molecule has 3 heterocycles. The van der Waals surface area contributed by atoms with Crippen LogP contribution < -0.4 is 25.4 Å². The zero-order chi connectivity index (χ0) is 31.1. The average Bonchev–Trinajstić information content (AvgIpc) is 3.43. The Labute approximate surface area is 258 Å². The van der Waals surface area contributed by atoms with Crippen molar-refractivity contribution in [2.24, 2.45) is 5.92 Å². The summed E-state index contributed by atoms with van der Waals surface area (Å²) in [7, 11) is -0.334. The Morgan fingerprint density at radius 2 is 1.86 bits per heavy atom. The Morgan fingerprint density at radius 1 is 1.14 bits per heavy atom. The van der Waals surface area contributed by atoms with Gasteiger partial charge in [0.1, 0.15) is 17.0 Å². The molecule has 1 saturated heterocycles. The number of nitrogens with one attached hydrogen (secondary N) is 3. The number of halogens is 2. The summed E-state index contributed by atoms with van der Waals surface area (Å²) in [6, 6.07) is 3.00. The number of imide groups is 1. The lowest BCUT2D eigenvalue weighted by Crippen LogP contribution is -2.28. The number of carbonyl (C=O) groups is 2. The van der Waals surface area contributed by atoms with Gasteiger partial charge in [0.2, 0.25) is 18.3 Å². The standard InChI is InChI=1S/C27H30Cl2N6O7S/c1-4-43(38,39)8-7-30-26-25-16(9-17(33-26)22-23(28)19(40-2)10-20(41-3)24(22)29)11-31-27(35-25)34-18-13-42-12-15(18)5-6-21(37)32-14-36/h5-6,9-11,14-15,18H,4,7-8,12-13H2,1-3H3,(H,30,33)(H,31,34,35)(H,32,36,37)/t15-,18+/m0/s1. The first kappa shape index (κ1) is 32.2. The van der Waals surface area contributed by atoms with E-state index >= 15 is 0 Å². The van der Waals surface area contributed by atoms with E-state index < -0.39 is 15.7 Å². The number of carbonyl (C=O) groups excluding carboxylic acids is 2. The van der Waals surface area contributed by atoms with Crippen LogP contribution in [0.1, 0.15) is 6.92 Å². The normalized spacial score (nSPS) is 16.8. The summed E-state index contributed by atoms with van der Waals surface area (Å²) in [4.78, 5) is 36.0. The molecule has 3 aromatic rings. The Balaban J connectivity index is 1.74. The molecule has 2 amide bonds. The molecule has 3 N–H and O–H groups in total. The number of ether oxygens (including phenoxy) is 3. The Kier molecular flexibility index (Phi) is 10.6. The zero-order valence-electron chi connectivity index (χ0n) is 23.5. The summed E-state index contributed by atoms with van der Waals surface area (Å²) < 4.78 is 40.7. The Hall–Kier alpha value is -3.72. The fraction of sp³-hybridized carbons (Fsp3) is 0.370. The second kappa shape index (κ2) is 14.2.